The zero-order chi connectivity index (χ0) is 24.0. The average Bonchev–Trinajstić information content (AvgIpc) is 2.78. The molecule has 0 amide bonds. The molecule has 2 heterocycles. The Labute approximate surface area is 193 Å². The van der Waals surface area contributed by atoms with Crippen LogP contribution in [0.2, 0.25) is 0 Å². The van der Waals surface area contributed by atoms with Crippen molar-refractivity contribution in [3.8, 4) is 11.1 Å². The van der Waals surface area contributed by atoms with Crippen molar-refractivity contribution in [3.63, 3.8) is 0 Å². The molecule has 0 radical (unpaired) electrons. The molecule has 0 saturated heterocycles. The van der Waals surface area contributed by atoms with Gasteiger partial charge in [0.15, 0.2) is 0 Å². The van der Waals surface area contributed by atoms with Gasteiger partial charge in [0.05, 0.1) is 24.3 Å². The van der Waals surface area contributed by atoms with Gasteiger partial charge in [-0.3, -0.25) is 9.69 Å². The van der Waals surface area contributed by atoms with E-state index in [1.807, 2.05) is 37.1 Å². The minimum Gasteiger partial charge on any atom is -0.395 e. The smallest absolute Gasteiger partial charge is 0.248 e. The van der Waals surface area contributed by atoms with Crippen molar-refractivity contribution in [2.24, 2.45) is 0 Å². The number of nitrogens with two attached hydrogens (primary N) is 1. The second kappa shape index (κ2) is 10.7. The number of anilines is 2. The SMILES string of the molecule is CCCCC(C)(CO)Nc1nc(N)nc2cc(-c3cc(=O)[nH]cc3CN(C)CCO)ccc12. The minimum absolute atomic E-state index is 0.0337. The van der Waals surface area contributed by atoms with Crippen LogP contribution in [0.4, 0.5) is 11.8 Å². The van der Waals surface area contributed by atoms with Crippen LogP contribution in [0.15, 0.2) is 35.3 Å². The molecule has 1 unspecified atom stereocenters. The largest absolute Gasteiger partial charge is 0.395 e. The van der Waals surface area contributed by atoms with Gasteiger partial charge >= 0.3 is 0 Å². The van der Waals surface area contributed by atoms with E-state index in [0.717, 1.165) is 41.3 Å². The molecule has 0 fully saturated rings. The fourth-order valence-electron chi connectivity index (χ4n) is 3.89. The van der Waals surface area contributed by atoms with E-state index >= 15 is 0 Å². The number of H-pyrrole nitrogens is 1. The number of unbranched alkanes of at least 4 members (excludes halogenated alkanes) is 1. The number of aromatic amines is 1. The Morgan fingerprint density at radius 1 is 1.24 bits per heavy atom. The summed E-state index contributed by atoms with van der Waals surface area (Å²) >= 11 is 0. The van der Waals surface area contributed by atoms with Crippen LogP contribution in [0, 0.1) is 0 Å². The van der Waals surface area contributed by atoms with Crippen molar-refractivity contribution in [1.29, 1.82) is 0 Å². The highest BCUT2D eigenvalue weighted by atomic mass is 16.3. The summed E-state index contributed by atoms with van der Waals surface area (Å²) in [6.07, 6.45) is 4.50. The molecule has 178 valence electrons. The molecular formula is C24H34N6O3. The predicted octanol–water partition coefficient (Wildman–Crippen LogP) is 2.34. The number of nitrogen functional groups attached to an aromatic ring is 1. The Morgan fingerprint density at radius 2 is 2.03 bits per heavy atom. The summed E-state index contributed by atoms with van der Waals surface area (Å²) in [5.41, 5.74) is 8.49. The van der Waals surface area contributed by atoms with Crippen LogP contribution in [0.5, 0.6) is 0 Å². The maximum atomic E-state index is 12.1. The standard InChI is InChI=1S/C24H34N6O3/c1-4-5-8-24(2,15-32)29-22-18-7-6-16(11-20(18)27-23(25)28-22)19-12-21(33)26-13-17(19)14-30(3)9-10-31/h6-7,11-13,31-32H,4-5,8-10,14-15H2,1-3H3,(H,26,33)(H3,25,27,28,29). The van der Waals surface area contributed by atoms with E-state index in [1.165, 1.54) is 0 Å². The summed E-state index contributed by atoms with van der Waals surface area (Å²) in [7, 11) is 1.91. The van der Waals surface area contributed by atoms with Gasteiger partial charge in [0.1, 0.15) is 5.82 Å². The van der Waals surface area contributed by atoms with Gasteiger partial charge in [-0.2, -0.15) is 4.98 Å². The lowest BCUT2D eigenvalue weighted by Gasteiger charge is -2.30. The summed E-state index contributed by atoms with van der Waals surface area (Å²) < 4.78 is 0. The predicted molar refractivity (Wildman–Crippen MR) is 132 cm³/mol. The van der Waals surface area contributed by atoms with E-state index in [2.05, 4.69) is 27.2 Å². The van der Waals surface area contributed by atoms with Crippen molar-refractivity contribution in [2.45, 2.75) is 45.2 Å². The molecule has 1 atom stereocenters. The van der Waals surface area contributed by atoms with Gasteiger partial charge in [-0.05, 0) is 49.2 Å². The summed E-state index contributed by atoms with van der Waals surface area (Å²) in [6, 6.07) is 7.30. The molecule has 0 aliphatic carbocycles. The normalized spacial score (nSPS) is 13.4. The number of aliphatic hydroxyl groups excluding tert-OH is 2. The Balaban J connectivity index is 2.04. The second-order valence-corrected chi connectivity index (χ2v) is 8.81. The highest BCUT2D eigenvalue weighted by Crippen LogP contribution is 2.31. The monoisotopic (exact) mass is 454 g/mol. The van der Waals surface area contributed by atoms with E-state index in [9.17, 15) is 15.0 Å². The molecule has 0 spiro atoms. The molecule has 6 N–H and O–H groups in total. The van der Waals surface area contributed by atoms with Crippen LogP contribution < -0.4 is 16.6 Å². The lowest BCUT2D eigenvalue weighted by Crippen LogP contribution is -2.39. The van der Waals surface area contributed by atoms with Crippen LogP contribution in [0.25, 0.3) is 22.0 Å². The molecule has 33 heavy (non-hydrogen) atoms. The fourth-order valence-corrected chi connectivity index (χ4v) is 3.89. The molecule has 3 rings (SSSR count). The van der Waals surface area contributed by atoms with Gasteiger partial charge in [-0.25, -0.2) is 4.98 Å². The zero-order valence-electron chi connectivity index (χ0n) is 19.6. The van der Waals surface area contributed by atoms with E-state index in [-0.39, 0.29) is 24.7 Å². The average molecular weight is 455 g/mol. The molecule has 0 bridgehead atoms. The lowest BCUT2D eigenvalue weighted by molar-refractivity contribution is 0.212. The summed E-state index contributed by atoms with van der Waals surface area (Å²) in [4.78, 5) is 25.6. The topological polar surface area (TPSA) is 140 Å². The first-order valence-corrected chi connectivity index (χ1v) is 11.3. The Kier molecular flexibility index (Phi) is 8.01. The number of hydrogen-bond acceptors (Lipinski definition) is 8. The van der Waals surface area contributed by atoms with Gasteiger partial charge in [0.25, 0.3) is 0 Å². The molecule has 9 nitrogen and oxygen atoms in total. The van der Waals surface area contributed by atoms with Crippen molar-refractivity contribution in [1.82, 2.24) is 19.9 Å². The first-order valence-electron chi connectivity index (χ1n) is 11.3. The van der Waals surface area contributed by atoms with Gasteiger partial charge < -0.3 is 26.2 Å². The van der Waals surface area contributed by atoms with Gasteiger partial charge in [0.2, 0.25) is 11.5 Å². The number of likely N-dealkylation sites (N-methyl/N-ethyl adjacent to an activating group) is 1. The third-order valence-corrected chi connectivity index (χ3v) is 5.81. The maximum Gasteiger partial charge on any atom is 0.248 e. The van der Waals surface area contributed by atoms with E-state index < -0.39 is 5.54 Å². The zero-order valence-corrected chi connectivity index (χ0v) is 19.6. The van der Waals surface area contributed by atoms with E-state index in [0.29, 0.717) is 24.4 Å². The number of hydrogen-bond donors (Lipinski definition) is 5. The van der Waals surface area contributed by atoms with Crippen molar-refractivity contribution < 1.29 is 10.2 Å². The van der Waals surface area contributed by atoms with Gasteiger partial charge in [-0.1, -0.05) is 25.8 Å². The molecule has 0 saturated carbocycles. The van der Waals surface area contributed by atoms with E-state index in [4.69, 9.17) is 5.73 Å². The third-order valence-electron chi connectivity index (χ3n) is 5.81. The van der Waals surface area contributed by atoms with Gasteiger partial charge in [0, 0.05) is 30.7 Å². The number of fused-ring (bicyclic) bond motifs is 1. The molecule has 3 aromatic rings. The molecular weight excluding hydrogens is 420 g/mol. The van der Waals surface area contributed by atoms with Crippen LogP contribution in [-0.4, -0.2) is 62.4 Å². The summed E-state index contributed by atoms with van der Waals surface area (Å²) in [5, 5.41) is 23.4. The van der Waals surface area contributed by atoms with Gasteiger partial charge in [-0.15, -0.1) is 0 Å². The van der Waals surface area contributed by atoms with Crippen LogP contribution >= 0.6 is 0 Å². The maximum absolute atomic E-state index is 12.1. The number of aliphatic hydroxyl groups is 2. The molecule has 2 aromatic heterocycles. The summed E-state index contributed by atoms with van der Waals surface area (Å²) in [6.45, 7) is 5.19. The number of nitrogens with one attached hydrogen (secondary N) is 2. The third kappa shape index (κ3) is 6.07. The Bertz CT molecular complexity index is 1150. The van der Waals surface area contributed by atoms with Crippen molar-refractivity contribution in [3.05, 3.63) is 46.4 Å². The Hall–Kier alpha value is -3.01. The second-order valence-electron chi connectivity index (χ2n) is 8.81. The number of nitrogens with zero attached hydrogens (tertiary/aromatic N) is 3. The summed E-state index contributed by atoms with van der Waals surface area (Å²) in [5.74, 6) is 0.706. The minimum atomic E-state index is -0.528. The quantitative estimate of drug-likeness (QED) is 0.297. The highest BCUT2D eigenvalue weighted by molar-refractivity contribution is 5.93. The molecule has 0 aliphatic rings. The first kappa shape index (κ1) is 24.6. The fraction of sp³-hybridized carbons (Fsp3) is 0.458. The van der Waals surface area contributed by atoms with Crippen molar-refractivity contribution in [2.75, 3.05) is 37.9 Å². The first-order chi connectivity index (χ1) is 15.8. The van der Waals surface area contributed by atoms with Crippen LogP contribution in [-0.2, 0) is 6.54 Å². The molecule has 0 aliphatic heterocycles. The Morgan fingerprint density at radius 3 is 2.73 bits per heavy atom. The van der Waals surface area contributed by atoms with E-state index in [1.54, 1.807) is 12.3 Å². The molecule has 1 aromatic carbocycles. The van der Waals surface area contributed by atoms with Crippen LogP contribution in [0.1, 0.15) is 38.7 Å². The number of pyridine rings is 1. The lowest BCUT2D eigenvalue weighted by atomic mass is 9.95. The van der Waals surface area contributed by atoms with Crippen molar-refractivity contribution >= 4 is 22.7 Å². The van der Waals surface area contributed by atoms with Crippen LogP contribution in [0.3, 0.4) is 0 Å². The highest BCUT2D eigenvalue weighted by Gasteiger charge is 2.24. The number of rotatable bonds is 11. The number of aromatic nitrogens is 3. The number of benzene rings is 1. The molecule has 9 heteroatoms.